The number of carbonyl (C=O) groups excluding carboxylic acids is 1. The smallest absolute Gasteiger partial charge is 0.260 e. The predicted octanol–water partition coefficient (Wildman–Crippen LogP) is 6.08. The summed E-state index contributed by atoms with van der Waals surface area (Å²) in [4.78, 5) is 17.0. The van der Waals surface area contributed by atoms with Crippen LogP contribution >= 0.6 is 0 Å². The molecule has 3 aromatic carbocycles. The van der Waals surface area contributed by atoms with Gasteiger partial charge in [-0.3, -0.25) is 4.79 Å². The Morgan fingerprint density at radius 2 is 1.68 bits per heavy atom. The van der Waals surface area contributed by atoms with Crippen molar-refractivity contribution in [2.45, 2.75) is 32.3 Å². The molecule has 3 atom stereocenters. The second kappa shape index (κ2) is 12.7. The molecule has 0 spiro atoms. The molecule has 0 bridgehead atoms. The van der Waals surface area contributed by atoms with Crippen molar-refractivity contribution >= 4 is 11.6 Å². The number of halogens is 1. The van der Waals surface area contributed by atoms with Crippen molar-refractivity contribution in [3.8, 4) is 11.5 Å². The van der Waals surface area contributed by atoms with Gasteiger partial charge in [0.1, 0.15) is 17.3 Å². The molecule has 5 rings (SSSR count). The molecule has 0 aliphatic carbocycles. The van der Waals surface area contributed by atoms with Crippen LogP contribution in [-0.4, -0.2) is 57.3 Å². The van der Waals surface area contributed by atoms with E-state index < -0.39 is 0 Å². The first-order chi connectivity index (χ1) is 19.4. The highest BCUT2D eigenvalue weighted by molar-refractivity contribution is 5.78. The fourth-order valence-electron chi connectivity index (χ4n) is 5.93. The lowest BCUT2D eigenvalue weighted by molar-refractivity contribution is -0.133. The topological polar surface area (TPSA) is 51.2 Å². The van der Waals surface area contributed by atoms with Crippen LogP contribution in [0.1, 0.15) is 43.4 Å². The van der Waals surface area contributed by atoms with Crippen LogP contribution in [0.2, 0.25) is 0 Å². The van der Waals surface area contributed by atoms with E-state index in [0.29, 0.717) is 31.4 Å². The zero-order valence-corrected chi connectivity index (χ0v) is 23.6. The molecule has 0 aromatic heterocycles. The van der Waals surface area contributed by atoms with E-state index in [1.807, 2.05) is 65.6 Å². The number of piperazine rings is 1. The van der Waals surface area contributed by atoms with Crippen LogP contribution in [0, 0.1) is 17.7 Å². The molecule has 1 amide bonds. The summed E-state index contributed by atoms with van der Waals surface area (Å²) in [7, 11) is 1.68. The Bertz CT molecular complexity index is 1270. The van der Waals surface area contributed by atoms with E-state index in [2.05, 4.69) is 18.7 Å². The molecule has 0 unspecified atom stereocenters. The normalized spacial score (nSPS) is 21.4. The van der Waals surface area contributed by atoms with Gasteiger partial charge in [0.2, 0.25) is 0 Å². The maximum atomic E-state index is 14.4. The van der Waals surface area contributed by atoms with Gasteiger partial charge in [-0.2, -0.15) is 0 Å². The van der Waals surface area contributed by atoms with Crippen LogP contribution in [-0.2, 0) is 9.53 Å². The first-order valence-electron chi connectivity index (χ1n) is 14.2. The van der Waals surface area contributed by atoms with Gasteiger partial charge in [-0.15, -0.1) is 0 Å². The van der Waals surface area contributed by atoms with E-state index in [1.165, 1.54) is 6.07 Å². The minimum absolute atomic E-state index is 0.00682. The van der Waals surface area contributed by atoms with Crippen LogP contribution in [0.5, 0.6) is 11.5 Å². The fourth-order valence-corrected chi connectivity index (χ4v) is 5.93. The number of hydrogen-bond donors (Lipinski definition) is 0. The summed E-state index contributed by atoms with van der Waals surface area (Å²) < 4.78 is 32.1. The van der Waals surface area contributed by atoms with Crippen molar-refractivity contribution in [3.05, 3.63) is 89.7 Å². The van der Waals surface area contributed by atoms with Crippen LogP contribution in [0.4, 0.5) is 10.1 Å². The van der Waals surface area contributed by atoms with E-state index in [0.717, 1.165) is 42.1 Å². The van der Waals surface area contributed by atoms with Crippen molar-refractivity contribution in [1.29, 1.82) is 0 Å². The average Bonchev–Trinajstić information content (AvgIpc) is 3.00. The molecule has 2 aliphatic rings. The molecule has 0 saturated carbocycles. The van der Waals surface area contributed by atoms with Crippen molar-refractivity contribution < 1.29 is 23.4 Å². The summed E-state index contributed by atoms with van der Waals surface area (Å²) in [6.07, 6.45) is 0.818. The second-order valence-corrected chi connectivity index (χ2v) is 11.0. The van der Waals surface area contributed by atoms with Gasteiger partial charge < -0.3 is 24.0 Å². The maximum absolute atomic E-state index is 14.4. The molecule has 3 aromatic rings. The molecule has 0 N–H and O–H groups in total. The molecule has 212 valence electrons. The van der Waals surface area contributed by atoms with Gasteiger partial charge in [0.15, 0.2) is 6.61 Å². The second-order valence-electron chi connectivity index (χ2n) is 11.0. The lowest BCUT2D eigenvalue weighted by Gasteiger charge is -2.39. The number of methoxy groups -OCH3 is 1. The van der Waals surface area contributed by atoms with Crippen LogP contribution in [0.15, 0.2) is 72.8 Å². The molecular weight excluding hydrogens is 507 g/mol. The Labute approximate surface area is 236 Å². The third-order valence-electron chi connectivity index (χ3n) is 8.25. The van der Waals surface area contributed by atoms with Crippen LogP contribution in [0.25, 0.3) is 0 Å². The van der Waals surface area contributed by atoms with Gasteiger partial charge in [-0.05, 0) is 59.7 Å². The number of benzene rings is 3. The van der Waals surface area contributed by atoms with Crippen molar-refractivity contribution in [1.82, 2.24) is 4.90 Å². The minimum Gasteiger partial charge on any atom is -0.495 e. The molecule has 7 heteroatoms. The Balaban J connectivity index is 1.14. The Morgan fingerprint density at radius 3 is 2.38 bits per heavy atom. The van der Waals surface area contributed by atoms with E-state index in [-0.39, 0.29) is 36.3 Å². The van der Waals surface area contributed by atoms with E-state index in [9.17, 15) is 9.18 Å². The van der Waals surface area contributed by atoms with Crippen molar-refractivity contribution in [2.75, 3.05) is 51.4 Å². The first-order valence-corrected chi connectivity index (χ1v) is 14.2. The molecule has 0 radical (unpaired) electrons. The minimum atomic E-state index is -0.161. The zero-order valence-electron chi connectivity index (χ0n) is 23.6. The van der Waals surface area contributed by atoms with Gasteiger partial charge in [0.25, 0.3) is 5.91 Å². The van der Waals surface area contributed by atoms with E-state index in [4.69, 9.17) is 14.2 Å². The molecule has 2 saturated heterocycles. The Kier molecular flexibility index (Phi) is 8.90. The highest BCUT2D eigenvalue weighted by atomic mass is 19.1. The third-order valence-corrected chi connectivity index (χ3v) is 8.25. The number of nitrogens with zero attached hydrogens (tertiary/aromatic N) is 2. The largest absolute Gasteiger partial charge is 0.495 e. The Morgan fingerprint density at radius 1 is 0.975 bits per heavy atom. The highest BCUT2D eigenvalue weighted by Crippen LogP contribution is 2.44. The van der Waals surface area contributed by atoms with Crippen molar-refractivity contribution in [3.63, 3.8) is 0 Å². The van der Waals surface area contributed by atoms with Gasteiger partial charge >= 0.3 is 0 Å². The van der Waals surface area contributed by atoms with Gasteiger partial charge in [-0.25, -0.2) is 4.39 Å². The first kappa shape index (κ1) is 28.0. The van der Waals surface area contributed by atoms with Crippen LogP contribution in [0.3, 0.4) is 0 Å². The monoisotopic (exact) mass is 546 g/mol. The van der Waals surface area contributed by atoms with Crippen LogP contribution < -0.4 is 14.4 Å². The molecule has 2 aliphatic heterocycles. The lowest BCUT2D eigenvalue weighted by Crippen LogP contribution is -2.50. The predicted molar refractivity (Wildman–Crippen MR) is 155 cm³/mol. The standard InChI is InChI=1S/C33H39FN2O4/c1-23(2)28-20-25(27-8-4-5-9-29(27)34)21-40-33(28)24-12-14-26(15-13-24)39-22-32(37)36-18-16-35(17-19-36)30-10-6-7-11-31(30)38-3/h4-15,23,25,28,33H,16-22H2,1-3H3/t25-,28-,33-/m0/s1. The molecule has 6 nitrogen and oxygen atoms in total. The van der Waals surface area contributed by atoms with E-state index in [1.54, 1.807) is 13.2 Å². The summed E-state index contributed by atoms with van der Waals surface area (Å²) in [6.45, 7) is 7.67. The maximum Gasteiger partial charge on any atom is 0.260 e. The lowest BCUT2D eigenvalue weighted by atomic mass is 9.76. The summed E-state index contributed by atoms with van der Waals surface area (Å²) >= 11 is 0. The number of amides is 1. The number of anilines is 1. The zero-order chi connectivity index (χ0) is 28.1. The summed E-state index contributed by atoms with van der Waals surface area (Å²) in [5.74, 6) is 2.03. The number of rotatable bonds is 8. The highest BCUT2D eigenvalue weighted by Gasteiger charge is 2.35. The van der Waals surface area contributed by atoms with E-state index >= 15 is 0 Å². The number of carbonyl (C=O) groups is 1. The average molecular weight is 547 g/mol. The number of hydrogen-bond acceptors (Lipinski definition) is 5. The van der Waals surface area contributed by atoms with Gasteiger partial charge in [-0.1, -0.05) is 56.3 Å². The molecule has 40 heavy (non-hydrogen) atoms. The van der Waals surface area contributed by atoms with Crippen molar-refractivity contribution in [2.24, 2.45) is 11.8 Å². The number of para-hydroxylation sites is 2. The Hall–Kier alpha value is -3.58. The van der Waals surface area contributed by atoms with Gasteiger partial charge in [0.05, 0.1) is 25.5 Å². The molecule has 2 heterocycles. The molecular formula is C33H39FN2O4. The third kappa shape index (κ3) is 6.25. The molecule has 2 fully saturated rings. The number of ether oxygens (including phenoxy) is 3. The fraction of sp³-hybridized carbons (Fsp3) is 0.424. The SMILES string of the molecule is COc1ccccc1N1CCN(C(=O)COc2ccc([C@@H]3OC[C@@H](c4ccccc4F)C[C@H]3C(C)C)cc2)CC1. The van der Waals surface area contributed by atoms with Gasteiger partial charge in [0, 0.05) is 32.1 Å². The summed E-state index contributed by atoms with van der Waals surface area (Å²) in [5.41, 5.74) is 2.87. The summed E-state index contributed by atoms with van der Waals surface area (Å²) in [6, 6.07) is 22.8. The quantitative estimate of drug-likeness (QED) is 0.343. The summed E-state index contributed by atoms with van der Waals surface area (Å²) in [5, 5.41) is 0.